The zero-order chi connectivity index (χ0) is 28.9. The Morgan fingerprint density at radius 2 is 1.80 bits per heavy atom. The van der Waals surface area contributed by atoms with Gasteiger partial charge in [0.1, 0.15) is 11.9 Å². The number of halogens is 1. The van der Waals surface area contributed by atoms with Crippen LogP contribution in [0.3, 0.4) is 0 Å². The number of aliphatic carboxylic acids is 1. The van der Waals surface area contributed by atoms with Crippen molar-refractivity contribution in [2.24, 2.45) is 11.8 Å². The third kappa shape index (κ3) is 6.90. The van der Waals surface area contributed by atoms with Crippen LogP contribution in [0.15, 0.2) is 60.7 Å². The minimum absolute atomic E-state index is 0.0605. The zero-order valence-electron chi connectivity index (χ0n) is 24.8. The van der Waals surface area contributed by atoms with E-state index in [4.69, 9.17) is 5.10 Å². The number of aromatic nitrogens is 2. The van der Waals surface area contributed by atoms with E-state index >= 15 is 0 Å². The first-order chi connectivity index (χ1) is 19.9. The van der Waals surface area contributed by atoms with Gasteiger partial charge in [0, 0.05) is 50.1 Å². The molecule has 1 N–H and O–H groups in total. The number of rotatable bonds is 11. The molecule has 6 nitrogen and oxygen atoms in total. The van der Waals surface area contributed by atoms with Crippen molar-refractivity contribution in [1.29, 1.82) is 0 Å². The molecule has 2 aliphatic heterocycles. The lowest BCUT2D eigenvalue weighted by Crippen LogP contribution is -2.45. The molecular weight excluding hydrogens is 515 g/mol. The van der Waals surface area contributed by atoms with E-state index < -0.39 is 12.0 Å². The van der Waals surface area contributed by atoms with Gasteiger partial charge in [0.15, 0.2) is 0 Å². The highest BCUT2D eigenvalue weighted by atomic mass is 19.1. The van der Waals surface area contributed by atoms with Gasteiger partial charge in [-0.05, 0) is 74.0 Å². The normalized spacial score (nSPS) is 22.1. The van der Waals surface area contributed by atoms with Crippen LogP contribution in [0.1, 0.15) is 74.4 Å². The molecule has 0 spiro atoms. The Morgan fingerprint density at radius 1 is 1.05 bits per heavy atom. The molecule has 2 saturated heterocycles. The number of carboxylic acids is 1. The molecule has 2 aromatic carbocycles. The van der Waals surface area contributed by atoms with Crippen LogP contribution in [0, 0.1) is 17.7 Å². The first-order valence-corrected chi connectivity index (χ1v) is 15.4. The molecule has 0 amide bonds. The summed E-state index contributed by atoms with van der Waals surface area (Å²) < 4.78 is 16.4. The van der Waals surface area contributed by atoms with E-state index in [0.717, 1.165) is 69.7 Å². The Balaban J connectivity index is 1.26. The zero-order valence-corrected chi connectivity index (χ0v) is 24.8. The average Bonchev–Trinajstić information content (AvgIpc) is 3.57. The van der Waals surface area contributed by atoms with Crippen molar-refractivity contribution in [3.8, 4) is 0 Å². The lowest BCUT2D eigenvalue weighted by atomic mass is 9.87. The molecule has 5 rings (SSSR count). The molecule has 220 valence electrons. The van der Waals surface area contributed by atoms with Crippen molar-refractivity contribution >= 4 is 5.97 Å². The maximum absolute atomic E-state index is 14.2. The summed E-state index contributed by atoms with van der Waals surface area (Å²) in [6, 6.07) is 19.3. The molecule has 0 bridgehead atoms. The number of likely N-dealkylation sites (tertiary alicyclic amines) is 2. The molecule has 2 fully saturated rings. The summed E-state index contributed by atoms with van der Waals surface area (Å²) >= 11 is 0. The number of carbonyl (C=O) groups is 1. The summed E-state index contributed by atoms with van der Waals surface area (Å²) in [4.78, 5) is 17.0. The number of nitrogens with zero attached hydrogens (tertiary/aromatic N) is 4. The Bertz CT molecular complexity index is 1290. The first kappa shape index (κ1) is 29.5. The van der Waals surface area contributed by atoms with Gasteiger partial charge in [0.05, 0.1) is 5.69 Å². The molecule has 0 aliphatic carbocycles. The van der Waals surface area contributed by atoms with Crippen molar-refractivity contribution in [1.82, 2.24) is 19.6 Å². The second-order valence-corrected chi connectivity index (χ2v) is 12.2. The molecule has 4 unspecified atom stereocenters. The molecule has 2 aliphatic rings. The van der Waals surface area contributed by atoms with Gasteiger partial charge >= 0.3 is 5.97 Å². The van der Waals surface area contributed by atoms with Crippen LogP contribution >= 0.6 is 0 Å². The molecule has 0 radical (unpaired) electrons. The van der Waals surface area contributed by atoms with E-state index in [9.17, 15) is 14.3 Å². The first-order valence-electron chi connectivity index (χ1n) is 15.4. The van der Waals surface area contributed by atoms with E-state index in [1.54, 1.807) is 12.1 Å². The van der Waals surface area contributed by atoms with E-state index in [1.165, 1.54) is 17.3 Å². The van der Waals surface area contributed by atoms with Crippen molar-refractivity contribution < 1.29 is 14.3 Å². The number of hydrogen-bond acceptors (Lipinski definition) is 4. The van der Waals surface area contributed by atoms with Crippen molar-refractivity contribution in [3.05, 3.63) is 89.0 Å². The van der Waals surface area contributed by atoms with Gasteiger partial charge in [-0.2, -0.15) is 5.10 Å². The molecule has 3 aromatic rings. The highest BCUT2D eigenvalue weighted by Gasteiger charge is 2.42. The number of piperidine rings is 1. The van der Waals surface area contributed by atoms with Gasteiger partial charge in [-0.1, -0.05) is 62.7 Å². The van der Waals surface area contributed by atoms with E-state index in [2.05, 4.69) is 58.7 Å². The van der Waals surface area contributed by atoms with E-state index in [1.807, 2.05) is 19.1 Å². The average molecular weight is 561 g/mol. The molecule has 0 saturated carbocycles. The largest absolute Gasteiger partial charge is 0.480 e. The van der Waals surface area contributed by atoms with Crippen molar-refractivity contribution in [2.45, 2.75) is 70.9 Å². The summed E-state index contributed by atoms with van der Waals surface area (Å²) in [6.07, 6.45) is 3.84. The fourth-order valence-corrected chi connectivity index (χ4v) is 7.12. The molecule has 3 heterocycles. The van der Waals surface area contributed by atoms with Gasteiger partial charge in [0.2, 0.25) is 0 Å². The van der Waals surface area contributed by atoms with E-state index in [0.29, 0.717) is 12.5 Å². The summed E-state index contributed by atoms with van der Waals surface area (Å²) in [7, 11) is 0. The van der Waals surface area contributed by atoms with Gasteiger partial charge in [-0.3, -0.25) is 14.4 Å². The van der Waals surface area contributed by atoms with E-state index in [-0.39, 0.29) is 23.6 Å². The monoisotopic (exact) mass is 560 g/mol. The molecular formula is C34H45FN4O2. The fourth-order valence-electron chi connectivity index (χ4n) is 7.12. The smallest absolute Gasteiger partial charge is 0.321 e. The second-order valence-electron chi connectivity index (χ2n) is 12.2. The van der Waals surface area contributed by atoms with Crippen LogP contribution in [0.5, 0.6) is 0 Å². The van der Waals surface area contributed by atoms with Crippen LogP contribution in [-0.2, 0) is 17.8 Å². The number of hydrogen-bond donors (Lipinski definition) is 1. The maximum atomic E-state index is 14.2. The fraction of sp³-hybridized carbons (Fsp3) is 0.529. The van der Waals surface area contributed by atoms with Crippen LogP contribution in [0.4, 0.5) is 4.39 Å². The molecule has 4 atom stereocenters. The minimum Gasteiger partial charge on any atom is -0.480 e. The van der Waals surface area contributed by atoms with Gasteiger partial charge in [-0.15, -0.1) is 0 Å². The van der Waals surface area contributed by atoms with Gasteiger partial charge < -0.3 is 10.0 Å². The predicted molar refractivity (Wildman–Crippen MR) is 161 cm³/mol. The topological polar surface area (TPSA) is 61.6 Å². The third-order valence-electron chi connectivity index (χ3n) is 9.46. The molecule has 41 heavy (non-hydrogen) atoms. The Labute approximate surface area is 244 Å². The maximum Gasteiger partial charge on any atom is 0.321 e. The summed E-state index contributed by atoms with van der Waals surface area (Å²) in [5, 5.41) is 15.0. The van der Waals surface area contributed by atoms with Gasteiger partial charge in [0.25, 0.3) is 0 Å². The Hall–Kier alpha value is -3.03. The Kier molecular flexibility index (Phi) is 9.56. The van der Waals surface area contributed by atoms with Crippen molar-refractivity contribution in [3.63, 3.8) is 0 Å². The van der Waals surface area contributed by atoms with Crippen LogP contribution in [0.2, 0.25) is 0 Å². The lowest BCUT2D eigenvalue weighted by Gasteiger charge is -2.35. The second kappa shape index (κ2) is 13.3. The summed E-state index contributed by atoms with van der Waals surface area (Å²) in [5.41, 5.74) is 4.75. The lowest BCUT2D eigenvalue weighted by molar-refractivity contribution is -0.145. The molecule has 7 heteroatoms. The standard InChI is InChI=1S/C34H45FN4O2/c1-4-24(3)33(34(40)41)38-22-28(31(23-38)27-12-9-13-29(35)19-27)21-37-16-14-26(15-17-37)32-20-30(36-39(32)5-2)18-25-10-7-6-8-11-25/h6-13,19-20,24,26,28,31,33H,4-5,14-18,21-23H2,1-3H3,(H,40,41). The number of carboxylic acid groups (broad SMARTS) is 1. The third-order valence-corrected chi connectivity index (χ3v) is 9.46. The van der Waals surface area contributed by atoms with Crippen molar-refractivity contribution in [2.75, 3.05) is 32.7 Å². The highest BCUT2D eigenvalue weighted by molar-refractivity contribution is 5.74. The minimum atomic E-state index is -0.752. The summed E-state index contributed by atoms with van der Waals surface area (Å²) in [5.74, 6) is -0.0434. The summed E-state index contributed by atoms with van der Waals surface area (Å²) in [6.45, 7) is 11.4. The quantitative estimate of drug-likeness (QED) is 0.310. The molecule has 1 aromatic heterocycles. The highest BCUT2D eigenvalue weighted by Crippen LogP contribution is 2.37. The number of benzene rings is 2. The van der Waals surface area contributed by atoms with Crippen LogP contribution < -0.4 is 0 Å². The van der Waals surface area contributed by atoms with Crippen LogP contribution in [-0.4, -0.2) is 69.4 Å². The number of aryl methyl sites for hydroxylation is 1. The SMILES string of the molecule is CCC(C)C(C(=O)O)N1CC(CN2CCC(c3cc(Cc4ccccc4)nn3CC)CC2)C(c2cccc(F)c2)C1. The van der Waals surface area contributed by atoms with Gasteiger partial charge in [-0.25, -0.2) is 4.39 Å². The Morgan fingerprint density at radius 3 is 2.46 bits per heavy atom. The van der Waals surface area contributed by atoms with Crippen LogP contribution in [0.25, 0.3) is 0 Å². The predicted octanol–water partition coefficient (Wildman–Crippen LogP) is 6.03.